The van der Waals surface area contributed by atoms with Crippen molar-refractivity contribution in [2.75, 3.05) is 5.43 Å². The summed E-state index contributed by atoms with van der Waals surface area (Å²) in [5, 5.41) is 9.13. The van der Waals surface area contributed by atoms with Gasteiger partial charge < -0.3 is 10.5 Å². The normalized spacial score (nSPS) is 12.1. The van der Waals surface area contributed by atoms with Crippen molar-refractivity contribution in [2.24, 2.45) is 0 Å². The number of hydrogen-bond donors (Lipinski definition) is 3. The van der Waals surface area contributed by atoms with Crippen LogP contribution in [0.2, 0.25) is 5.02 Å². The van der Waals surface area contributed by atoms with Gasteiger partial charge in [-0.15, -0.1) is 0 Å². The van der Waals surface area contributed by atoms with E-state index in [-0.39, 0.29) is 0 Å². The Balaban J connectivity index is 2.54. The first-order valence-corrected chi connectivity index (χ1v) is 4.48. The lowest BCUT2D eigenvalue weighted by Gasteiger charge is -2.12. The van der Waals surface area contributed by atoms with Gasteiger partial charge in [-0.3, -0.25) is 4.79 Å². The number of carbonyl (C=O) groups is 1. The zero-order valence-electron chi connectivity index (χ0n) is 7.62. The zero-order valence-corrected chi connectivity index (χ0v) is 8.38. The molecule has 0 fully saturated rings. The smallest absolute Gasteiger partial charge is 0.322 e. The number of para-hydroxylation sites is 1. The van der Waals surface area contributed by atoms with E-state index < -0.39 is 12.0 Å². The van der Waals surface area contributed by atoms with Crippen molar-refractivity contribution in [3.05, 3.63) is 29.3 Å². The molecule has 0 aromatic heterocycles. The van der Waals surface area contributed by atoms with Crippen LogP contribution < -0.4 is 10.9 Å². The molecule has 0 aliphatic rings. The molecule has 0 spiro atoms. The molecule has 14 heavy (non-hydrogen) atoms. The van der Waals surface area contributed by atoms with Crippen molar-refractivity contribution < 1.29 is 9.90 Å². The van der Waals surface area contributed by atoms with E-state index in [0.717, 1.165) is 0 Å². The van der Waals surface area contributed by atoms with Gasteiger partial charge in [0, 0.05) is 0 Å². The maximum Gasteiger partial charge on any atom is 0.322 e. The number of halogens is 1. The highest BCUT2D eigenvalue weighted by atomic mass is 35.5. The van der Waals surface area contributed by atoms with Crippen molar-refractivity contribution in [2.45, 2.75) is 13.0 Å². The second kappa shape index (κ2) is 4.83. The number of carboxylic acids is 1. The van der Waals surface area contributed by atoms with Crippen LogP contribution in [0.5, 0.6) is 0 Å². The van der Waals surface area contributed by atoms with Crippen molar-refractivity contribution in [1.82, 2.24) is 5.43 Å². The molecule has 0 saturated carbocycles. The lowest BCUT2D eigenvalue weighted by Crippen LogP contribution is -2.37. The summed E-state index contributed by atoms with van der Waals surface area (Å²) in [4.78, 5) is 10.5. The number of benzene rings is 1. The third kappa shape index (κ3) is 2.90. The van der Waals surface area contributed by atoms with E-state index in [1.807, 2.05) is 0 Å². The standard InChI is InChI=1S/C9H11ClN2O2/c1-6(9(13)14)11-12-8-5-3-2-4-7(8)10/h2-6,11-12H,1H3,(H,13,14). The first-order valence-electron chi connectivity index (χ1n) is 4.10. The number of hydrogen-bond acceptors (Lipinski definition) is 3. The van der Waals surface area contributed by atoms with E-state index in [1.54, 1.807) is 24.3 Å². The molecule has 4 nitrogen and oxygen atoms in total. The molecule has 0 radical (unpaired) electrons. The van der Waals surface area contributed by atoms with Crippen LogP contribution in [0.1, 0.15) is 6.92 Å². The van der Waals surface area contributed by atoms with Gasteiger partial charge in [-0.05, 0) is 19.1 Å². The highest BCUT2D eigenvalue weighted by Crippen LogP contribution is 2.19. The van der Waals surface area contributed by atoms with Crippen LogP contribution in [0.15, 0.2) is 24.3 Å². The number of aliphatic carboxylic acids is 1. The van der Waals surface area contributed by atoms with Gasteiger partial charge in [0.1, 0.15) is 6.04 Å². The lowest BCUT2D eigenvalue weighted by molar-refractivity contribution is -0.138. The van der Waals surface area contributed by atoms with Gasteiger partial charge in [-0.2, -0.15) is 0 Å². The van der Waals surface area contributed by atoms with Gasteiger partial charge in [0.25, 0.3) is 0 Å². The Hall–Kier alpha value is -1.26. The largest absolute Gasteiger partial charge is 0.480 e. The fourth-order valence-corrected chi connectivity index (χ4v) is 0.993. The molecule has 5 heteroatoms. The van der Waals surface area contributed by atoms with Crippen LogP contribution in [0.4, 0.5) is 5.69 Å². The molecule has 0 aliphatic heterocycles. The molecule has 0 aliphatic carbocycles. The predicted octanol–water partition coefficient (Wildman–Crippen LogP) is 1.73. The third-order valence-corrected chi connectivity index (χ3v) is 2.00. The Kier molecular flexibility index (Phi) is 3.73. The highest BCUT2D eigenvalue weighted by Gasteiger charge is 2.09. The summed E-state index contributed by atoms with van der Waals surface area (Å²) in [6, 6.07) is 6.40. The molecule has 1 aromatic carbocycles. The van der Waals surface area contributed by atoms with E-state index in [4.69, 9.17) is 16.7 Å². The number of nitrogens with one attached hydrogen (secondary N) is 2. The molecule has 1 atom stereocenters. The Bertz CT molecular complexity index is 330. The topological polar surface area (TPSA) is 61.4 Å². The molecule has 1 unspecified atom stereocenters. The fraction of sp³-hybridized carbons (Fsp3) is 0.222. The van der Waals surface area contributed by atoms with Gasteiger partial charge >= 0.3 is 5.97 Å². The molecule has 0 saturated heterocycles. The maximum atomic E-state index is 10.5. The van der Waals surface area contributed by atoms with Crippen LogP contribution >= 0.6 is 11.6 Å². The second-order valence-corrected chi connectivity index (χ2v) is 3.22. The maximum absolute atomic E-state index is 10.5. The van der Waals surface area contributed by atoms with Gasteiger partial charge in [0.05, 0.1) is 10.7 Å². The molecule has 0 heterocycles. The van der Waals surface area contributed by atoms with E-state index in [1.165, 1.54) is 6.92 Å². The summed E-state index contributed by atoms with van der Waals surface area (Å²) < 4.78 is 0. The lowest BCUT2D eigenvalue weighted by atomic mass is 10.3. The molecule has 1 aromatic rings. The monoisotopic (exact) mass is 214 g/mol. The molecule has 1 rings (SSSR count). The Morgan fingerprint density at radius 2 is 2.14 bits per heavy atom. The average molecular weight is 215 g/mol. The number of anilines is 1. The predicted molar refractivity (Wildman–Crippen MR) is 55.3 cm³/mol. The number of carboxylic acid groups (broad SMARTS) is 1. The first-order chi connectivity index (χ1) is 6.61. The zero-order chi connectivity index (χ0) is 10.6. The molecule has 3 N–H and O–H groups in total. The molecular formula is C9H11ClN2O2. The summed E-state index contributed by atoms with van der Waals surface area (Å²) in [5.41, 5.74) is 5.99. The number of rotatable bonds is 4. The minimum atomic E-state index is -0.926. The fourth-order valence-electron chi connectivity index (χ4n) is 0.810. The second-order valence-electron chi connectivity index (χ2n) is 2.81. The van der Waals surface area contributed by atoms with E-state index >= 15 is 0 Å². The van der Waals surface area contributed by atoms with Crippen molar-refractivity contribution in [3.63, 3.8) is 0 Å². The van der Waals surface area contributed by atoms with Crippen LogP contribution in [-0.2, 0) is 4.79 Å². The van der Waals surface area contributed by atoms with Crippen molar-refractivity contribution in [3.8, 4) is 0 Å². The molecule has 0 amide bonds. The summed E-state index contributed by atoms with van der Waals surface area (Å²) in [5.74, 6) is -0.926. The Morgan fingerprint density at radius 1 is 1.50 bits per heavy atom. The van der Waals surface area contributed by atoms with Crippen LogP contribution in [0.25, 0.3) is 0 Å². The Labute approximate surface area is 86.9 Å². The van der Waals surface area contributed by atoms with Crippen molar-refractivity contribution >= 4 is 23.3 Å². The summed E-state index contributed by atoms with van der Waals surface area (Å²) in [6.45, 7) is 1.53. The SMILES string of the molecule is CC(NNc1ccccc1Cl)C(=O)O. The summed E-state index contributed by atoms with van der Waals surface area (Å²) in [6.07, 6.45) is 0. The van der Waals surface area contributed by atoms with Crippen LogP contribution in [-0.4, -0.2) is 17.1 Å². The molecule has 0 bridgehead atoms. The van der Waals surface area contributed by atoms with E-state index in [0.29, 0.717) is 10.7 Å². The van der Waals surface area contributed by atoms with Gasteiger partial charge in [0.2, 0.25) is 0 Å². The molecular weight excluding hydrogens is 204 g/mol. The third-order valence-electron chi connectivity index (χ3n) is 1.67. The van der Waals surface area contributed by atoms with Gasteiger partial charge in [0.15, 0.2) is 0 Å². The average Bonchev–Trinajstić information content (AvgIpc) is 2.16. The van der Waals surface area contributed by atoms with Crippen LogP contribution in [0.3, 0.4) is 0 Å². The summed E-state index contributed by atoms with van der Waals surface area (Å²) in [7, 11) is 0. The Morgan fingerprint density at radius 3 is 2.71 bits per heavy atom. The highest BCUT2D eigenvalue weighted by molar-refractivity contribution is 6.33. The molecule has 76 valence electrons. The van der Waals surface area contributed by atoms with E-state index in [2.05, 4.69) is 10.9 Å². The van der Waals surface area contributed by atoms with Gasteiger partial charge in [-0.1, -0.05) is 23.7 Å². The quantitative estimate of drug-likeness (QED) is 0.668. The number of hydrazine groups is 1. The first kappa shape index (κ1) is 10.8. The minimum absolute atomic E-state index is 0.539. The van der Waals surface area contributed by atoms with Gasteiger partial charge in [-0.25, -0.2) is 5.43 Å². The summed E-state index contributed by atoms with van der Waals surface area (Å²) >= 11 is 5.84. The van der Waals surface area contributed by atoms with E-state index in [9.17, 15) is 4.79 Å². The minimum Gasteiger partial charge on any atom is -0.480 e. The van der Waals surface area contributed by atoms with Crippen LogP contribution in [0, 0.1) is 0 Å². The van der Waals surface area contributed by atoms with Crippen molar-refractivity contribution in [1.29, 1.82) is 0 Å².